The molecule has 0 N–H and O–H groups in total. The van der Waals surface area contributed by atoms with E-state index in [4.69, 9.17) is 0 Å². The van der Waals surface area contributed by atoms with Gasteiger partial charge in [0.2, 0.25) is 6.29 Å². The second-order valence-electron chi connectivity index (χ2n) is 3.48. The molecule has 0 unspecified atom stereocenters. The SMILES string of the molecule is CSc1ccc(CCN(C)C(=O)C=O)cc1. The van der Waals surface area contributed by atoms with E-state index in [0.717, 1.165) is 6.42 Å². The smallest absolute Gasteiger partial charge is 0.286 e. The highest BCUT2D eigenvalue weighted by atomic mass is 32.2. The van der Waals surface area contributed by atoms with Crippen molar-refractivity contribution in [3.05, 3.63) is 29.8 Å². The van der Waals surface area contributed by atoms with Crippen LogP contribution in [-0.2, 0) is 16.0 Å². The van der Waals surface area contributed by atoms with Gasteiger partial charge < -0.3 is 4.90 Å². The minimum absolute atomic E-state index is 0.344. The highest BCUT2D eigenvalue weighted by molar-refractivity contribution is 7.98. The van der Waals surface area contributed by atoms with Crippen molar-refractivity contribution in [3.63, 3.8) is 0 Å². The van der Waals surface area contributed by atoms with Crippen LogP contribution in [0.15, 0.2) is 29.2 Å². The van der Waals surface area contributed by atoms with Crippen LogP contribution in [0.4, 0.5) is 0 Å². The molecule has 0 aliphatic rings. The lowest BCUT2D eigenvalue weighted by Gasteiger charge is -2.13. The first-order valence-electron chi connectivity index (χ1n) is 5.00. The Labute approximate surface area is 99.8 Å². The number of carbonyl (C=O) groups is 2. The third-order valence-corrected chi connectivity index (χ3v) is 3.12. The van der Waals surface area contributed by atoms with Crippen LogP contribution in [0.1, 0.15) is 5.56 Å². The van der Waals surface area contributed by atoms with Gasteiger partial charge >= 0.3 is 0 Å². The van der Waals surface area contributed by atoms with Crippen LogP contribution in [0.25, 0.3) is 0 Å². The van der Waals surface area contributed by atoms with Gasteiger partial charge in [-0.3, -0.25) is 9.59 Å². The summed E-state index contributed by atoms with van der Waals surface area (Å²) in [7, 11) is 1.63. The molecule has 1 aromatic carbocycles. The molecule has 0 aromatic heterocycles. The Kier molecular flexibility index (Phi) is 5.05. The maximum atomic E-state index is 11.0. The maximum absolute atomic E-state index is 11.0. The van der Waals surface area contributed by atoms with E-state index in [1.807, 2.05) is 18.4 Å². The van der Waals surface area contributed by atoms with Gasteiger partial charge in [0.15, 0.2) is 0 Å². The molecule has 0 radical (unpaired) electrons. The van der Waals surface area contributed by atoms with E-state index in [1.54, 1.807) is 18.8 Å². The largest absolute Gasteiger partial charge is 0.339 e. The topological polar surface area (TPSA) is 37.4 Å². The fourth-order valence-corrected chi connectivity index (χ4v) is 1.70. The minimum Gasteiger partial charge on any atom is -0.339 e. The number of rotatable bonds is 5. The highest BCUT2D eigenvalue weighted by Crippen LogP contribution is 2.15. The summed E-state index contributed by atoms with van der Waals surface area (Å²) in [5.74, 6) is -0.472. The summed E-state index contributed by atoms with van der Waals surface area (Å²) in [6.45, 7) is 0.566. The van der Waals surface area contributed by atoms with Crippen molar-refractivity contribution in [2.75, 3.05) is 19.8 Å². The predicted octanol–water partition coefficient (Wildman–Crippen LogP) is 1.61. The molecule has 0 aliphatic heterocycles. The number of carbonyl (C=O) groups excluding carboxylic acids is 2. The van der Waals surface area contributed by atoms with Gasteiger partial charge in [-0.25, -0.2) is 0 Å². The summed E-state index contributed by atoms with van der Waals surface area (Å²) in [6, 6.07) is 8.21. The zero-order valence-electron chi connectivity index (χ0n) is 9.47. The quantitative estimate of drug-likeness (QED) is 0.443. The molecule has 86 valence electrons. The van der Waals surface area contributed by atoms with Gasteiger partial charge in [0.25, 0.3) is 5.91 Å². The normalized spacial score (nSPS) is 9.88. The van der Waals surface area contributed by atoms with Gasteiger partial charge in [0, 0.05) is 18.5 Å². The summed E-state index contributed by atoms with van der Waals surface area (Å²) in [6.07, 6.45) is 3.15. The zero-order valence-corrected chi connectivity index (χ0v) is 10.3. The Bertz CT molecular complexity index is 362. The van der Waals surface area contributed by atoms with E-state index in [9.17, 15) is 9.59 Å². The Morgan fingerprint density at radius 2 is 2.00 bits per heavy atom. The molecule has 0 spiro atoms. The van der Waals surface area contributed by atoms with E-state index in [1.165, 1.54) is 15.4 Å². The second kappa shape index (κ2) is 6.33. The molecule has 1 aromatic rings. The number of aldehydes is 1. The lowest BCUT2D eigenvalue weighted by Crippen LogP contribution is -2.29. The highest BCUT2D eigenvalue weighted by Gasteiger charge is 2.06. The van der Waals surface area contributed by atoms with Crippen LogP contribution in [0.5, 0.6) is 0 Å². The molecule has 0 saturated carbocycles. The number of nitrogens with zero attached hydrogens (tertiary/aromatic N) is 1. The number of thioether (sulfide) groups is 1. The molecule has 0 heterocycles. The predicted molar refractivity (Wildman–Crippen MR) is 65.6 cm³/mol. The summed E-state index contributed by atoms with van der Waals surface area (Å²) in [5.41, 5.74) is 1.17. The fourth-order valence-electron chi connectivity index (χ4n) is 1.29. The van der Waals surface area contributed by atoms with Crippen molar-refractivity contribution in [1.29, 1.82) is 0 Å². The van der Waals surface area contributed by atoms with Crippen molar-refractivity contribution in [2.24, 2.45) is 0 Å². The van der Waals surface area contributed by atoms with Crippen molar-refractivity contribution in [3.8, 4) is 0 Å². The van der Waals surface area contributed by atoms with Crippen LogP contribution in [0.3, 0.4) is 0 Å². The van der Waals surface area contributed by atoms with Crippen molar-refractivity contribution in [1.82, 2.24) is 4.90 Å². The molecule has 0 bridgehead atoms. The molecule has 0 atom stereocenters. The Morgan fingerprint density at radius 3 is 2.50 bits per heavy atom. The Balaban J connectivity index is 2.48. The molecule has 4 heteroatoms. The molecule has 0 aliphatic carbocycles. The Hall–Kier alpha value is -1.29. The first kappa shape index (κ1) is 12.8. The Morgan fingerprint density at radius 1 is 1.38 bits per heavy atom. The summed E-state index contributed by atoms with van der Waals surface area (Å²) >= 11 is 1.70. The molecular formula is C12H15NO2S. The average Bonchev–Trinajstić information content (AvgIpc) is 2.35. The van der Waals surface area contributed by atoms with E-state index < -0.39 is 5.91 Å². The van der Waals surface area contributed by atoms with Gasteiger partial charge in [0.1, 0.15) is 0 Å². The van der Waals surface area contributed by atoms with Crippen LogP contribution in [0, 0.1) is 0 Å². The average molecular weight is 237 g/mol. The summed E-state index contributed by atoms with van der Waals surface area (Å²) in [4.78, 5) is 23.9. The number of likely N-dealkylation sites (N-methyl/N-ethyl adjacent to an activating group) is 1. The first-order chi connectivity index (χ1) is 7.67. The molecular weight excluding hydrogens is 222 g/mol. The summed E-state index contributed by atoms with van der Waals surface area (Å²) < 4.78 is 0. The van der Waals surface area contributed by atoms with E-state index in [2.05, 4.69) is 12.1 Å². The molecule has 1 amide bonds. The van der Waals surface area contributed by atoms with Crippen LogP contribution < -0.4 is 0 Å². The third kappa shape index (κ3) is 3.70. The van der Waals surface area contributed by atoms with Crippen LogP contribution in [-0.4, -0.2) is 36.9 Å². The van der Waals surface area contributed by atoms with Crippen molar-refractivity contribution >= 4 is 24.0 Å². The monoisotopic (exact) mass is 237 g/mol. The number of hydrogen-bond donors (Lipinski definition) is 0. The molecule has 1 rings (SSSR count). The molecule has 16 heavy (non-hydrogen) atoms. The van der Waals surface area contributed by atoms with Gasteiger partial charge in [-0.05, 0) is 30.4 Å². The molecule has 0 saturated heterocycles. The van der Waals surface area contributed by atoms with E-state index in [-0.39, 0.29) is 0 Å². The summed E-state index contributed by atoms with van der Waals surface area (Å²) in [5, 5.41) is 0. The number of amides is 1. The van der Waals surface area contributed by atoms with Crippen LogP contribution in [0.2, 0.25) is 0 Å². The van der Waals surface area contributed by atoms with Crippen molar-refractivity contribution < 1.29 is 9.59 Å². The zero-order chi connectivity index (χ0) is 12.0. The third-order valence-electron chi connectivity index (χ3n) is 2.37. The van der Waals surface area contributed by atoms with Gasteiger partial charge in [-0.2, -0.15) is 0 Å². The number of hydrogen-bond acceptors (Lipinski definition) is 3. The number of benzene rings is 1. The van der Waals surface area contributed by atoms with E-state index in [0.29, 0.717) is 12.8 Å². The molecule has 3 nitrogen and oxygen atoms in total. The van der Waals surface area contributed by atoms with Gasteiger partial charge in [-0.15, -0.1) is 11.8 Å². The fraction of sp³-hybridized carbons (Fsp3) is 0.333. The standard InChI is InChI=1S/C12H15NO2S/c1-13(12(15)9-14)8-7-10-3-5-11(16-2)6-4-10/h3-6,9H,7-8H2,1-2H3. The lowest BCUT2D eigenvalue weighted by atomic mass is 10.1. The maximum Gasteiger partial charge on any atom is 0.286 e. The second-order valence-corrected chi connectivity index (χ2v) is 4.36. The van der Waals surface area contributed by atoms with Gasteiger partial charge in [-0.1, -0.05) is 12.1 Å². The minimum atomic E-state index is -0.472. The lowest BCUT2D eigenvalue weighted by molar-refractivity contribution is -0.137. The van der Waals surface area contributed by atoms with Gasteiger partial charge in [0.05, 0.1) is 0 Å². The first-order valence-corrected chi connectivity index (χ1v) is 6.23. The van der Waals surface area contributed by atoms with Crippen molar-refractivity contribution in [2.45, 2.75) is 11.3 Å². The van der Waals surface area contributed by atoms with Crippen LogP contribution >= 0.6 is 11.8 Å². The van der Waals surface area contributed by atoms with E-state index >= 15 is 0 Å². The molecule has 0 fully saturated rings.